The molecule has 1 aliphatic rings. The maximum absolute atomic E-state index is 11.7. The average molecular weight is 281 g/mol. The standard InChI is InChI=1S/C18H19NO2/c19-15-9-6-14(7-10-15)12-16-17(21-18(16)20)11-8-13-4-2-1-3-5-13/h1-7,9-10,16-17H,8,11-12,19H2/t16-,17?/m0/s1. The van der Waals surface area contributed by atoms with Gasteiger partial charge in [0.15, 0.2) is 0 Å². The smallest absolute Gasteiger partial charge is 0.313 e. The summed E-state index contributed by atoms with van der Waals surface area (Å²) in [5.74, 6) is -0.0952. The van der Waals surface area contributed by atoms with Crippen molar-refractivity contribution in [2.24, 2.45) is 5.92 Å². The third-order valence-corrected chi connectivity index (χ3v) is 4.01. The van der Waals surface area contributed by atoms with Gasteiger partial charge in [0.2, 0.25) is 0 Å². The van der Waals surface area contributed by atoms with Gasteiger partial charge >= 0.3 is 5.97 Å². The van der Waals surface area contributed by atoms with Gasteiger partial charge < -0.3 is 10.5 Å². The van der Waals surface area contributed by atoms with Crippen LogP contribution in [0.4, 0.5) is 5.69 Å². The first-order chi connectivity index (χ1) is 10.2. The van der Waals surface area contributed by atoms with Crippen molar-refractivity contribution in [3.8, 4) is 0 Å². The molecule has 1 fully saturated rings. The second-order valence-corrected chi connectivity index (χ2v) is 5.55. The molecule has 3 rings (SSSR count). The van der Waals surface area contributed by atoms with Crippen LogP contribution in [0.2, 0.25) is 0 Å². The molecule has 1 heterocycles. The van der Waals surface area contributed by atoms with Gasteiger partial charge in [-0.2, -0.15) is 0 Å². The van der Waals surface area contributed by atoms with Crippen molar-refractivity contribution in [2.45, 2.75) is 25.4 Å². The molecule has 0 saturated carbocycles. The highest BCUT2D eigenvalue weighted by Gasteiger charge is 2.41. The summed E-state index contributed by atoms with van der Waals surface area (Å²) < 4.78 is 5.31. The molecule has 0 radical (unpaired) electrons. The fraction of sp³-hybridized carbons (Fsp3) is 0.278. The van der Waals surface area contributed by atoms with Gasteiger partial charge in [-0.05, 0) is 42.5 Å². The van der Waals surface area contributed by atoms with E-state index < -0.39 is 0 Å². The summed E-state index contributed by atoms with van der Waals surface area (Å²) in [6.07, 6.45) is 2.60. The molecule has 0 bridgehead atoms. The van der Waals surface area contributed by atoms with E-state index in [4.69, 9.17) is 10.5 Å². The van der Waals surface area contributed by atoms with Crippen LogP contribution in [0.1, 0.15) is 17.5 Å². The number of esters is 1. The second-order valence-electron chi connectivity index (χ2n) is 5.55. The summed E-state index contributed by atoms with van der Waals surface area (Å²) >= 11 is 0. The number of hydrogen-bond donors (Lipinski definition) is 1. The minimum absolute atomic E-state index is 0.0164. The number of benzene rings is 2. The van der Waals surface area contributed by atoms with Gasteiger partial charge in [-0.1, -0.05) is 42.5 Å². The summed E-state index contributed by atoms with van der Waals surface area (Å²) in [4.78, 5) is 11.7. The van der Waals surface area contributed by atoms with Crippen molar-refractivity contribution in [3.63, 3.8) is 0 Å². The molecule has 1 unspecified atom stereocenters. The highest BCUT2D eigenvalue weighted by atomic mass is 16.6. The number of rotatable bonds is 5. The van der Waals surface area contributed by atoms with E-state index in [0.717, 1.165) is 30.5 Å². The van der Waals surface area contributed by atoms with Crippen LogP contribution < -0.4 is 5.73 Å². The highest BCUT2D eigenvalue weighted by Crippen LogP contribution is 2.29. The number of hydrogen-bond acceptors (Lipinski definition) is 3. The normalized spacial score (nSPS) is 20.7. The molecule has 1 saturated heterocycles. The number of nitrogens with two attached hydrogens (primary N) is 1. The molecular formula is C18H19NO2. The predicted molar refractivity (Wildman–Crippen MR) is 82.7 cm³/mol. The minimum Gasteiger partial charge on any atom is -0.461 e. The van der Waals surface area contributed by atoms with Crippen molar-refractivity contribution in [3.05, 3.63) is 65.7 Å². The molecule has 0 aliphatic carbocycles. The van der Waals surface area contributed by atoms with Crippen LogP contribution in [-0.2, 0) is 22.4 Å². The maximum atomic E-state index is 11.7. The molecule has 0 spiro atoms. The van der Waals surface area contributed by atoms with Crippen LogP contribution in [-0.4, -0.2) is 12.1 Å². The van der Waals surface area contributed by atoms with E-state index in [1.807, 2.05) is 42.5 Å². The Balaban J connectivity index is 1.57. The zero-order chi connectivity index (χ0) is 14.7. The van der Waals surface area contributed by atoms with Gasteiger partial charge in [0, 0.05) is 5.69 Å². The molecule has 108 valence electrons. The predicted octanol–water partition coefficient (Wildman–Crippen LogP) is 2.99. The molecule has 2 N–H and O–H groups in total. The summed E-state index contributed by atoms with van der Waals surface area (Å²) in [5.41, 5.74) is 8.84. The number of nitrogen functional groups attached to an aromatic ring is 1. The molecule has 3 nitrogen and oxygen atoms in total. The Morgan fingerprint density at radius 2 is 1.67 bits per heavy atom. The van der Waals surface area contributed by atoms with Gasteiger partial charge in [0.1, 0.15) is 6.10 Å². The quantitative estimate of drug-likeness (QED) is 0.677. The first-order valence-corrected chi connectivity index (χ1v) is 7.31. The van der Waals surface area contributed by atoms with Crippen LogP contribution in [0.3, 0.4) is 0 Å². The van der Waals surface area contributed by atoms with Crippen LogP contribution in [0, 0.1) is 5.92 Å². The first kappa shape index (κ1) is 13.7. The SMILES string of the molecule is Nc1ccc(C[C@@H]2C(=O)OC2CCc2ccccc2)cc1. The summed E-state index contributed by atoms with van der Waals surface area (Å²) in [7, 11) is 0. The molecular weight excluding hydrogens is 262 g/mol. The first-order valence-electron chi connectivity index (χ1n) is 7.31. The molecule has 0 aromatic heterocycles. The number of ether oxygens (including phenoxy) is 1. The van der Waals surface area contributed by atoms with Gasteiger partial charge in [-0.15, -0.1) is 0 Å². The fourth-order valence-corrected chi connectivity index (χ4v) is 2.73. The molecule has 2 aromatic rings. The summed E-state index contributed by atoms with van der Waals surface area (Å²) in [6.45, 7) is 0. The second kappa shape index (κ2) is 6.00. The van der Waals surface area contributed by atoms with E-state index >= 15 is 0 Å². The Morgan fingerprint density at radius 1 is 0.952 bits per heavy atom. The highest BCUT2D eigenvalue weighted by molar-refractivity contribution is 5.78. The Bertz CT molecular complexity index is 607. The van der Waals surface area contributed by atoms with E-state index in [1.165, 1.54) is 5.56 Å². The monoisotopic (exact) mass is 281 g/mol. The minimum atomic E-state index is -0.0788. The fourth-order valence-electron chi connectivity index (χ4n) is 2.73. The molecule has 2 atom stereocenters. The van der Waals surface area contributed by atoms with Crippen molar-refractivity contribution < 1.29 is 9.53 Å². The molecule has 3 heteroatoms. The average Bonchev–Trinajstić information content (AvgIpc) is 2.51. The number of anilines is 1. The number of carbonyl (C=O) groups is 1. The zero-order valence-corrected chi connectivity index (χ0v) is 11.9. The van der Waals surface area contributed by atoms with E-state index in [2.05, 4.69) is 12.1 Å². The van der Waals surface area contributed by atoms with Gasteiger partial charge in [-0.3, -0.25) is 4.79 Å². The van der Waals surface area contributed by atoms with Crippen LogP contribution >= 0.6 is 0 Å². The topological polar surface area (TPSA) is 52.3 Å². The van der Waals surface area contributed by atoms with Crippen molar-refractivity contribution >= 4 is 11.7 Å². The number of carbonyl (C=O) groups excluding carboxylic acids is 1. The van der Waals surface area contributed by atoms with Gasteiger partial charge in [0.05, 0.1) is 5.92 Å². The Hall–Kier alpha value is -2.29. The van der Waals surface area contributed by atoms with E-state index in [1.54, 1.807) is 0 Å². The number of cyclic esters (lactones) is 1. The Kier molecular flexibility index (Phi) is 3.91. The molecule has 21 heavy (non-hydrogen) atoms. The lowest BCUT2D eigenvalue weighted by Gasteiger charge is -2.35. The van der Waals surface area contributed by atoms with E-state index in [9.17, 15) is 4.79 Å². The maximum Gasteiger partial charge on any atom is 0.313 e. The largest absolute Gasteiger partial charge is 0.461 e. The van der Waals surface area contributed by atoms with E-state index in [0.29, 0.717) is 0 Å². The van der Waals surface area contributed by atoms with Crippen molar-refractivity contribution in [2.75, 3.05) is 5.73 Å². The van der Waals surface area contributed by atoms with Crippen LogP contribution in [0.25, 0.3) is 0 Å². The Morgan fingerprint density at radius 3 is 2.33 bits per heavy atom. The van der Waals surface area contributed by atoms with Crippen LogP contribution in [0.15, 0.2) is 54.6 Å². The summed E-state index contributed by atoms with van der Waals surface area (Å²) in [6, 6.07) is 18.0. The molecule has 1 aliphatic heterocycles. The Labute approximate surface area is 124 Å². The molecule has 2 aromatic carbocycles. The third kappa shape index (κ3) is 3.24. The van der Waals surface area contributed by atoms with E-state index in [-0.39, 0.29) is 18.0 Å². The third-order valence-electron chi connectivity index (χ3n) is 4.01. The van der Waals surface area contributed by atoms with Crippen molar-refractivity contribution in [1.82, 2.24) is 0 Å². The van der Waals surface area contributed by atoms with Crippen LogP contribution in [0.5, 0.6) is 0 Å². The van der Waals surface area contributed by atoms with Gasteiger partial charge in [-0.25, -0.2) is 0 Å². The van der Waals surface area contributed by atoms with Crippen molar-refractivity contribution in [1.29, 1.82) is 0 Å². The lowest BCUT2D eigenvalue weighted by Crippen LogP contribution is -2.46. The summed E-state index contributed by atoms with van der Waals surface area (Å²) in [5, 5.41) is 0. The lowest BCUT2D eigenvalue weighted by atomic mass is 9.86. The van der Waals surface area contributed by atoms with Gasteiger partial charge in [0.25, 0.3) is 0 Å². The zero-order valence-electron chi connectivity index (χ0n) is 11.9. The lowest BCUT2D eigenvalue weighted by molar-refractivity contribution is -0.184. The number of aryl methyl sites for hydroxylation is 1. The molecule has 0 amide bonds.